The molecule has 0 saturated heterocycles. The fourth-order valence-corrected chi connectivity index (χ4v) is 1.26. The highest BCUT2D eigenvalue weighted by atomic mass is 35.5. The number of nitrogens with zero attached hydrogens (tertiary/aromatic N) is 2. The van der Waals surface area contributed by atoms with Gasteiger partial charge in [-0.05, 0) is 19.9 Å². The van der Waals surface area contributed by atoms with Gasteiger partial charge in [-0.3, -0.25) is 0 Å². The van der Waals surface area contributed by atoms with Gasteiger partial charge >= 0.3 is 0 Å². The van der Waals surface area contributed by atoms with E-state index < -0.39 is 0 Å². The predicted molar refractivity (Wildman–Crippen MR) is 59.3 cm³/mol. The summed E-state index contributed by atoms with van der Waals surface area (Å²) in [6.07, 6.45) is 1.58. The van der Waals surface area contributed by atoms with Crippen molar-refractivity contribution in [1.29, 1.82) is 0 Å². The van der Waals surface area contributed by atoms with Gasteiger partial charge in [0, 0.05) is 19.3 Å². The van der Waals surface area contributed by atoms with E-state index in [0.29, 0.717) is 16.9 Å². The largest absolute Gasteiger partial charge is 0.480 e. The predicted octanol–water partition coefficient (Wildman–Crippen LogP) is 2.59. The number of aromatic nitrogens is 1. The summed E-state index contributed by atoms with van der Waals surface area (Å²) in [5.41, 5.74) is 0.912. The van der Waals surface area contributed by atoms with Crippen molar-refractivity contribution in [2.75, 3.05) is 19.1 Å². The number of anilines is 1. The van der Waals surface area contributed by atoms with E-state index in [1.54, 1.807) is 13.3 Å². The van der Waals surface area contributed by atoms with E-state index in [9.17, 15) is 0 Å². The van der Waals surface area contributed by atoms with E-state index >= 15 is 0 Å². The number of rotatable bonds is 3. The van der Waals surface area contributed by atoms with Crippen LogP contribution in [0.25, 0.3) is 0 Å². The van der Waals surface area contributed by atoms with Crippen molar-refractivity contribution in [2.24, 2.45) is 0 Å². The molecule has 0 radical (unpaired) electrons. The second-order valence-electron chi connectivity index (χ2n) is 3.39. The first-order valence-electron chi connectivity index (χ1n) is 4.48. The van der Waals surface area contributed by atoms with E-state index in [0.717, 1.165) is 5.69 Å². The molecule has 0 aliphatic carbocycles. The zero-order valence-corrected chi connectivity index (χ0v) is 9.67. The monoisotopic (exact) mass is 214 g/mol. The standard InChI is InChI=1S/C10H15ClN2O/c1-7(2)13(3)9-5-8(11)6-12-10(9)14-4/h5-7H,1-4H3. The molecule has 1 aromatic rings. The Balaban J connectivity index is 3.10. The molecule has 1 rings (SSSR count). The van der Waals surface area contributed by atoms with Crippen molar-refractivity contribution in [2.45, 2.75) is 19.9 Å². The molecular formula is C10H15ClN2O. The van der Waals surface area contributed by atoms with Crippen LogP contribution in [0.5, 0.6) is 5.88 Å². The topological polar surface area (TPSA) is 25.4 Å². The van der Waals surface area contributed by atoms with E-state index in [4.69, 9.17) is 16.3 Å². The number of ether oxygens (including phenoxy) is 1. The van der Waals surface area contributed by atoms with Gasteiger partial charge in [0.25, 0.3) is 0 Å². The summed E-state index contributed by atoms with van der Waals surface area (Å²) in [7, 11) is 3.59. The van der Waals surface area contributed by atoms with Crippen molar-refractivity contribution in [3.05, 3.63) is 17.3 Å². The molecule has 14 heavy (non-hydrogen) atoms. The Hall–Kier alpha value is -0.960. The second-order valence-corrected chi connectivity index (χ2v) is 3.82. The zero-order valence-electron chi connectivity index (χ0n) is 8.91. The SMILES string of the molecule is COc1ncc(Cl)cc1N(C)C(C)C. The third-order valence-corrected chi connectivity index (χ3v) is 2.35. The van der Waals surface area contributed by atoms with Crippen molar-refractivity contribution in [1.82, 2.24) is 4.98 Å². The van der Waals surface area contributed by atoms with Crippen LogP contribution in [0.1, 0.15) is 13.8 Å². The Morgan fingerprint density at radius 1 is 1.50 bits per heavy atom. The van der Waals surface area contributed by atoms with Crippen LogP contribution in [0.3, 0.4) is 0 Å². The maximum absolute atomic E-state index is 5.88. The molecule has 78 valence electrons. The minimum Gasteiger partial charge on any atom is -0.480 e. The fourth-order valence-electron chi connectivity index (χ4n) is 1.10. The molecule has 0 aliphatic heterocycles. The van der Waals surface area contributed by atoms with Crippen molar-refractivity contribution in [3.8, 4) is 5.88 Å². The van der Waals surface area contributed by atoms with Crippen LogP contribution in [-0.4, -0.2) is 25.2 Å². The van der Waals surface area contributed by atoms with Gasteiger partial charge in [0.15, 0.2) is 0 Å². The van der Waals surface area contributed by atoms with Crippen LogP contribution in [-0.2, 0) is 0 Å². The Morgan fingerprint density at radius 3 is 2.64 bits per heavy atom. The van der Waals surface area contributed by atoms with Crippen LogP contribution in [0.2, 0.25) is 5.02 Å². The number of methoxy groups -OCH3 is 1. The van der Waals surface area contributed by atoms with Gasteiger partial charge in [0.05, 0.1) is 12.1 Å². The first-order chi connectivity index (χ1) is 6.56. The summed E-state index contributed by atoms with van der Waals surface area (Å²) < 4.78 is 5.16. The molecule has 0 saturated carbocycles. The number of hydrogen-bond donors (Lipinski definition) is 0. The highest BCUT2D eigenvalue weighted by Crippen LogP contribution is 2.28. The molecule has 0 aromatic carbocycles. The summed E-state index contributed by atoms with van der Waals surface area (Å²) >= 11 is 5.88. The minimum absolute atomic E-state index is 0.379. The molecule has 0 fully saturated rings. The minimum atomic E-state index is 0.379. The molecule has 4 heteroatoms. The maximum Gasteiger partial charge on any atom is 0.237 e. The van der Waals surface area contributed by atoms with Crippen molar-refractivity contribution in [3.63, 3.8) is 0 Å². The van der Waals surface area contributed by atoms with Gasteiger partial charge in [-0.1, -0.05) is 11.6 Å². The van der Waals surface area contributed by atoms with Crippen LogP contribution in [0.4, 0.5) is 5.69 Å². The lowest BCUT2D eigenvalue weighted by Crippen LogP contribution is -2.26. The second kappa shape index (κ2) is 4.51. The molecule has 0 spiro atoms. The van der Waals surface area contributed by atoms with Crippen LogP contribution >= 0.6 is 11.6 Å². The number of hydrogen-bond acceptors (Lipinski definition) is 3. The van der Waals surface area contributed by atoms with Gasteiger partial charge in [-0.25, -0.2) is 4.98 Å². The Labute approximate surface area is 89.7 Å². The Bertz CT molecular complexity index is 315. The maximum atomic E-state index is 5.88. The fraction of sp³-hybridized carbons (Fsp3) is 0.500. The Kier molecular flexibility index (Phi) is 3.58. The average Bonchev–Trinajstić information content (AvgIpc) is 2.16. The number of pyridine rings is 1. The normalized spacial score (nSPS) is 10.4. The van der Waals surface area contributed by atoms with Crippen LogP contribution in [0.15, 0.2) is 12.3 Å². The molecule has 3 nitrogen and oxygen atoms in total. The van der Waals surface area contributed by atoms with Crippen molar-refractivity contribution >= 4 is 17.3 Å². The van der Waals surface area contributed by atoms with Gasteiger partial charge in [-0.15, -0.1) is 0 Å². The molecule has 0 amide bonds. The molecule has 1 aromatic heterocycles. The molecule has 0 atom stereocenters. The summed E-state index contributed by atoms with van der Waals surface area (Å²) in [5, 5.41) is 0.619. The first kappa shape index (κ1) is 11.1. The molecule has 0 unspecified atom stereocenters. The summed E-state index contributed by atoms with van der Waals surface area (Å²) in [6.45, 7) is 4.20. The zero-order chi connectivity index (χ0) is 10.7. The lowest BCUT2D eigenvalue weighted by Gasteiger charge is -2.24. The highest BCUT2D eigenvalue weighted by Gasteiger charge is 2.12. The van der Waals surface area contributed by atoms with Gasteiger partial charge in [-0.2, -0.15) is 0 Å². The average molecular weight is 215 g/mol. The molecule has 0 aliphatic rings. The molecule has 0 bridgehead atoms. The third kappa shape index (κ3) is 2.29. The van der Waals surface area contributed by atoms with Crippen LogP contribution in [0, 0.1) is 0 Å². The van der Waals surface area contributed by atoms with Crippen molar-refractivity contribution < 1.29 is 4.74 Å². The van der Waals surface area contributed by atoms with E-state index in [1.807, 2.05) is 13.1 Å². The molecule has 1 heterocycles. The highest BCUT2D eigenvalue weighted by molar-refractivity contribution is 6.30. The van der Waals surface area contributed by atoms with Gasteiger partial charge in [0.1, 0.15) is 5.69 Å². The van der Waals surface area contributed by atoms with Gasteiger partial charge in [0.2, 0.25) is 5.88 Å². The lowest BCUT2D eigenvalue weighted by atomic mass is 10.3. The van der Waals surface area contributed by atoms with E-state index in [-0.39, 0.29) is 0 Å². The number of halogens is 1. The van der Waals surface area contributed by atoms with E-state index in [2.05, 4.69) is 23.7 Å². The summed E-state index contributed by atoms with van der Waals surface area (Å²) in [5.74, 6) is 0.602. The summed E-state index contributed by atoms with van der Waals surface area (Å²) in [4.78, 5) is 6.17. The smallest absolute Gasteiger partial charge is 0.237 e. The molecule has 0 N–H and O–H groups in total. The Morgan fingerprint density at radius 2 is 2.14 bits per heavy atom. The lowest BCUT2D eigenvalue weighted by molar-refractivity contribution is 0.397. The first-order valence-corrected chi connectivity index (χ1v) is 4.86. The third-order valence-electron chi connectivity index (χ3n) is 2.15. The summed E-state index contributed by atoms with van der Waals surface area (Å²) in [6, 6.07) is 2.23. The van der Waals surface area contributed by atoms with Gasteiger partial charge < -0.3 is 9.64 Å². The molecular weight excluding hydrogens is 200 g/mol. The van der Waals surface area contributed by atoms with E-state index in [1.165, 1.54) is 0 Å². The quantitative estimate of drug-likeness (QED) is 0.774. The van der Waals surface area contributed by atoms with Crippen LogP contribution < -0.4 is 9.64 Å².